The number of hydrogen-bond donors (Lipinski definition) is 1. The van der Waals surface area contributed by atoms with E-state index < -0.39 is 0 Å². The van der Waals surface area contributed by atoms with Crippen molar-refractivity contribution in [3.05, 3.63) is 64.7 Å². The lowest BCUT2D eigenvalue weighted by Crippen LogP contribution is -2.23. The summed E-state index contributed by atoms with van der Waals surface area (Å²) in [6, 6.07) is 14.8. The first-order chi connectivity index (χ1) is 11.4. The Balaban J connectivity index is 1.92. The van der Waals surface area contributed by atoms with Crippen LogP contribution >= 0.6 is 11.8 Å². The summed E-state index contributed by atoms with van der Waals surface area (Å²) in [5.41, 5.74) is 5.76. The monoisotopic (exact) mass is 341 g/mol. The number of thioether (sulfide) groups is 1. The van der Waals surface area contributed by atoms with Gasteiger partial charge in [-0.25, -0.2) is 0 Å². The first-order valence-electron chi connectivity index (χ1n) is 8.46. The number of hydrogen-bond acceptors (Lipinski definition) is 2. The van der Waals surface area contributed by atoms with Crippen LogP contribution in [0.3, 0.4) is 0 Å². The van der Waals surface area contributed by atoms with Crippen molar-refractivity contribution in [3.8, 4) is 0 Å². The smallest absolute Gasteiger partial charge is 0.237 e. The Morgan fingerprint density at radius 3 is 2.12 bits per heavy atom. The standard InChI is InChI=1S/C21H27NOS/c1-14(2)19-11-9-18(10-12-19)13-24-17(5)21(23)22-20-15(3)7-6-8-16(20)4/h6-12,14,17H,13H2,1-5H3,(H,22,23). The topological polar surface area (TPSA) is 29.1 Å². The number of carbonyl (C=O) groups is 1. The van der Waals surface area contributed by atoms with Crippen molar-refractivity contribution in [2.45, 2.75) is 51.5 Å². The van der Waals surface area contributed by atoms with Gasteiger partial charge in [0.05, 0.1) is 5.25 Å². The number of para-hydroxylation sites is 1. The quantitative estimate of drug-likeness (QED) is 0.731. The second kappa shape index (κ2) is 8.39. The maximum Gasteiger partial charge on any atom is 0.237 e. The highest BCUT2D eigenvalue weighted by molar-refractivity contribution is 7.99. The molecule has 0 fully saturated rings. The molecule has 0 aliphatic rings. The first kappa shape index (κ1) is 18.6. The van der Waals surface area contributed by atoms with Crippen molar-refractivity contribution in [3.63, 3.8) is 0 Å². The van der Waals surface area contributed by atoms with Crippen LogP contribution in [0.1, 0.15) is 48.9 Å². The van der Waals surface area contributed by atoms with E-state index in [0.29, 0.717) is 5.92 Å². The van der Waals surface area contributed by atoms with Gasteiger partial charge in [0.25, 0.3) is 0 Å². The highest BCUT2D eigenvalue weighted by Crippen LogP contribution is 2.24. The number of benzene rings is 2. The number of carbonyl (C=O) groups excluding carboxylic acids is 1. The predicted octanol–water partition coefficient (Wildman–Crippen LogP) is 5.69. The molecular formula is C21H27NOS. The summed E-state index contributed by atoms with van der Waals surface area (Å²) in [7, 11) is 0. The third-order valence-corrected chi connectivity index (χ3v) is 5.46. The molecule has 0 bridgehead atoms. The molecule has 2 nitrogen and oxygen atoms in total. The SMILES string of the molecule is Cc1cccc(C)c1NC(=O)C(C)SCc1ccc(C(C)C)cc1. The Kier molecular flexibility index (Phi) is 6.50. The number of anilines is 1. The van der Waals surface area contributed by atoms with Gasteiger partial charge in [-0.3, -0.25) is 4.79 Å². The molecule has 1 N–H and O–H groups in total. The van der Waals surface area contributed by atoms with Gasteiger partial charge in [0.15, 0.2) is 0 Å². The number of aryl methyl sites for hydroxylation is 2. The van der Waals surface area contributed by atoms with Crippen molar-refractivity contribution >= 4 is 23.4 Å². The van der Waals surface area contributed by atoms with E-state index in [2.05, 4.69) is 43.4 Å². The Labute approximate surface area is 150 Å². The van der Waals surface area contributed by atoms with Gasteiger partial charge in [0.1, 0.15) is 0 Å². The fourth-order valence-electron chi connectivity index (χ4n) is 2.53. The Bertz CT molecular complexity index is 671. The van der Waals surface area contributed by atoms with E-state index in [1.165, 1.54) is 11.1 Å². The third-order valence-electron chi connectivity index (χ3n) is 4.24. The molecule has 2 aromatic carbocycles. The summed E-state index contributed by atoms with van der Waals surface area (Å²) in [5, 5.41) is 2.99. The normalized spacial score (nSPS) is 12.2. The average Bonchev–Trinajstić information content (AvgIpc) is 2.56. The molecule has 2 aromatic rings. The highest BCUT2D eigenvalue weighted by Gasteiger charge is 2.15. The molecule has 0 saturated heterocycles. The molecule has 24 heavy (non-hydrogen) atoms. The Morgan fingerprint density at radius 1 is 1.00 bits per heavy atom. The van der Waals surface area contributed by atoms with Crippen LogP contribution < -0.4 is 5.32 Å². The van der Waals surface area contributed by atoms with Crippen LogP contribution in [-0.4, -0.2) is 11.2 Å². The van der Waals surface area contributed by atoms with Crippen molar-refractivity contribution in [2.75, 3.05) is 5.32 Å². The largest absolute Gasteiger partial charge is 0.325 e. The van der Waals surface area contributed by atoms with E-state index >= 15 is 0 Å². The van der Waals surface area contributed by atoms with Crippen LogP contribution in [0, 0.1) is 13.8 Å². The molecule has 0 saturated carbocycles. The summed E-state index contributed by atoms with van der Waals surface area (Å²) in [6.07, 6.45) is 0. The second-order valence-electron chi connectivity index (χ2n) is 6.61. The van der Waals surface area contributed by atoms with Crippen LogP contribution in [0.4, 0.5) is 5.69 Å². The first-order valence-corrected chi connectivity index (χ1v) is 9.51. The van der Waals surface area contributed by atoms with Gasteiger partial charge in [-0.1, -0.05) is 56.3 Å². The van der Waals surface area contributed by atoms with Crippen LogP contribution in [0.5, 0.6) is 0 Å². The van der Waals surface area contributed by atoms with Gasteiger partial charge in [-0.05, 0) is 48.9 Å². The third kappa shape index (κ3) is 4.88. The molecule has 0 aliphatic heterocycles. The average molecular weight is 342 g/mol. The predicted molar refractivity (Wildman–Crippen MR) is 106 cm³/mol. The molecule has 0 spiro atoms. The summed E-state index contributed by atoms with van der Waals surface area (Å²) >= 11 is 1.67. The Morgan fingerprint density at radius 2 is 1.58 bits per heavy atom. The van der Waals surface area contributed by atoms with Crippen molar-refractivity contribution in [2.24, 2.45) is 0 Å². The zero-order valence-corrected chi connectivity index (χ0v) is 16.0. The number of rotatable bonds is 6. The molecular weight excluding hydrogens is 314 g/mol. The fourth-order valence-corrected chi connectivity index (χ4v) is 3.38. The maximum absolute atomic E-state index is 12.4. The summed E-state index contributed by atoms with van der Waals surface area (Å²) < 4.78 is 0. The van der Waals surface area contributed by atoms with E-state index in [1.807, 2.05) is 39.0 Å². The lowest BCUT2D eigenvalue weighted by molar-refractivity contribution is -0.115. The zero-order valence-electron chi connectivity index (χ0n) is 15.2. The summed E-state index contributed by atoms with van der Waals surface area (Å²) in [6.45, 7) is 10.4. The fraction of sp³-hybridized carbons (Fsp3) is 0.381. The molecule has 1 atom stereocenters. The second-order valence-corrected chi connectivity index (χ2v) is 7.93. The minimum absolute atomic E-state index is 0.0659. The van der Waals surface area contributed by atoms with Gasteiger partial charge in [0, 0.05) is 11.4 Å². The minimum atomic E-state index is -0.0891. The lowest BCUT2D eigenvalue weighted by Gasteiger charge is -2.15. The molecule has 1 amide bonds. The summed E-state index contributed by atoms with van der Waals surface area (Å²) in [5.74, 6) is 1.46. The summed E-state index contributed by atoms with van der Waals surface area (Å²) in [4.78, 5) is 12.4. The molecule has 3 heteroatoms. The maximum atomic E-state index is 12.4. The van der Waals surface area contributed by atoms with E-state index in [4.69, 9.17) is 0 Å². The van der Waals surface area contributed by atoms with Crippen molar-refractivity contribution in [1.29, 1.82) is 0 Å². The van der Waals surface area contributed by atoms with Gasteiger partial charge in [-0.2, -0.15) is 0 Å². The molecule has 2 rings (SSSR count). The lowest BCUT2D eigenvalue weighted by atomic mass is 10.0. The van der Waals surface area contributed by atoms with Gasteiger partial charge < -0.3 is 5.32 Å². The molecule has 0 aliphatic carbocycles. The van der Waals surface area contributed by atoms with Gasteiger partial charge in [0.2, 0.25) is 5.91 Å². The van der Waals surface area contributed by atoms with Gasteiger partial charge >= 0.3 is 0 Å². The molecule has 0 radical (unpaired) electrons. The Hall–Kier alpha value is -1.74. The van der Waals surface area contributed by atoms with Crippen LogP contribution in [0.2, 0.25) is 0 Å². The number of amides is 1. The molecule has 0 aromatic heterocycles. The molecule has 1 unspecified atom stereocenters. The zero-order chi connectivity index (χ0) is 17.7. The van der Waals surface area contributed by atoms with Crippen molar-refractivity contribution in [1.82, 2.24) is 0 Å². The number of nitrogens with one attached hydrogen (secondary N) is 1. The van der Waals surface area contributed by atoms with E-state index in [0.717, 1.165) is 22.6 Å². The minimum Gasteiger partial charge on any atom is -0.325 e. The van der Waals surface area contributed by atoms with Crippen molar-refractivity contribution < 1.29 is 4.79 Å². The van der Waals surface area contributed by atoms with Crippen LogP contribution in [0.25, 0.3) is 0 Å². The van der Waals surface area contributed by atoms with Crippen LogP contribution in [-0.2, 0) is 10.5 Å². The van der Waals surface area contributed by atoms with Crippen LogP contribution in [0.15, 0.2) is 42.5 Å². The van der Waals surface area contributed by atoms with E-state index in [1.54, 1.807) is 11.8 Å². The van der Waals surface area contributed by atoms with E-state index in [-0.39, 0.29) is 11.2 Å². The molecule has 0 heterocycles. The molecule has 128 valence electrons. The van der Waals surface area contributed by atoms with Gasteiger partial charge in [-0.15, -0.1) is 11.8 Å². The highest BCUT2D eigenvalue weighted by atomic mass is 32.2. The van der Waals surface area contributed by atoms with E-state index in [9.17, 15) is 4.79 Å².